The van der Waals surface area contributed by atoms with Crippen molar-refractivity contribution in [2.75, 3.05) is 11.5 Å². The Labute approximate surface area is 224 Å². The number of nitrogens with zero attached hydrogens (tertiary/aromatic N) is 2. The minimum absolute atomic E-state index is 0.251. The third-order valence-electron chi connectivity index (χ3n) is 5.42. The van der Waals surface area contributed by atoms with Crippen LogP contribution in [0.25, 0.3) is 6.08 Å². The topological polar surface area (TPSA) is 123 Å². The van der Waals surface area contributed by atoms with Crippen molar-refractivity contribution in [3.63, 3.8) is 0 Å². The summed E-state index contributed by atoms with van der Waals surface area (Å²) < 4.78 is 16.2. The lowest BCUT2D eigenvalue weighted by atomic mass is 10.2. The van der Waals surface area contributed by atoms with Crippen LogP contribution in [0.5, 0.6) is 17.2 Å². The van der Waals surface area contributed by atoms with Gasteiger partial charge in [0.25, 0.3) is 11.8 Å². The van der Waals surface area contributed by atoms with Gasteiger partial charge < -0.3 is 14.2 Å². The molecule has 0 N–H and O–H groups in total. The van der Waals surface area contributed by atoms with Crippen LogP contribution in [-0.4, -0.2) is 30.4 Å². The van der Waals surface area contributed by atoms with Gasteiger partial charge in [-0.3, -0.25) is 9.59 Å². The Balaban J connectivity index is 1.26. The number of unbranched alkanes of at least 4 members (excludes halogenated alkanes) is 1. The maximum atomic E-state index is 12.4. The van der Waals surface area contributed by atoms with E-state index in [0.29, 0.717) is 47.8 Å². The monoisotopic (exact) mass is 522 g/mol. The number of hydrogen-bond donors (Lipinski definition) is 0. The first-order valence-corrected chi connectivity index (χ1v) is 11.9. The van der Waals surface area contributed by atoms with Crippen LogP contribution < -0.4 is 19.1 Å². The van der Waals surface area contributed by atoms with Crippen LogP contribution in [0, 0.1) is 11.3 Å². The first-order chi connectivity index (χ1) is 18.9. The first-order valence-electron chi connectivity index (χ1n) is 11.9. The minimum Gasteiger partial charge on any atom is -0.494 e. The fraction of sp³-hybridized carbons (Fsp3) is 0.100. The number of rotatable bonds is 10. The van der Waals surface area contributed by atoms with Crippen molar-refractivity contribution in [2.45, 2.75) is 12.8 Å². The van der Waals surface area contributed by atoms with Gasteiger partial charge in [0.05, 0.1) is 23.9 Å². The number of esters is 2. The molecule has 0 saturated carbocycles. The van der Waals surface area contributed by atoms with Gasteiger partial charge in [0.1, 0.15) is 17.2 Å². The van der Waals surface area contributed by atoms with E-state index in [2.05, 4.69) is 6.07 Å². The zero-order valence-electron chi connectivity index (χ0n) is 20.6. The van der Waals surface area contributed by atoms with Crippen molar-refractivity contribution >= 4 is 35.5 Å². The summed E-state index contributed by atoms with van der Waals surface area (Å²) >= 11 is 0. The van der Waals surface area contributed by atoms with Gasteiger partial charge in [0.2, 0.25) is 0 Å². The van der Waals surface area contributed by atoms with Crippen molar-refractivity contribution in [1.82, 2.24) is 0 Å². The Hall–Kier alpha value is -5.49. The standard InChI is InChI=1S/C30H22N2O7/c31-19-1-2-20-37-24-12-6-22(7-13-24)30(36)39-26-10-3-21(4-11-26)5-18-29(35)38-25-14-8-23(9-15-25)32-27(33)16-17-28(32)34/h3-18H,1-2,20H2. The molecule has 0 unspecified atom stereocenters. The summed E-state index contributed by atoms with van der Waals surface area (Å²) in [5.74, 6) is -0.827. The van der Waals surface area contributed by atoms with Gasteiger partial charge in [-0.1, -0.05) is 12.1 Å². The fourth-order valence-electron chi connectivity index (χ4n) is 3.47. The summed E-state index contributed by atoms with van der Waals surface area (Å²) in [6.45, 7) is 0.423. The second-order valence-electron chi connectivity index (χ2n) is 8.19. The van der Waals surface area contributed by atoms with E-state index in [-0.39, 0.29) is 5.75 Å². The average molecular weight is 523 g/mol. The van der Waals surface area contributed by atoms with Crippen LogP contribution in [0.2, 0.25) is 0 Å². The predicted octanol–water partition coefficient (Wildman–Crippen LogP) is 4.64. The van der Waals surface area contributed by atoms with Crippen LogP contribution >= 0.6 is 0 Å². The molecule has 0 fully saturated rings. The van der Waals surface area contributed by atoms with Gasteiger partial charge in [-0.15, -0.1) is 0 Å². The van der Waals surface area contributed by atoms with E-state index >= 15 is 0 Å². The molecule has 1 aliphatic rings. The number of carbonyl (C=O) groups excluding carboxylic acids is 4. The number of hydrogen-bond acceptors (Lipinski definition) is 8. The van der Waals surface area contributed by atoms with E-state index in [1.807, 2.05) is 0 Å². The summed E-state index contributed by atoms with van der Waals surface area (Å²) in [5.41, 5.74) is 1.41. The van der Waals surface area contributed by atoms with E-state index in [1.54, 1.807) is 54.6 Å². The molecule has 3 aromatic carbocycles. The second kappa shape index (κ2) is 12.7. The van der Waals surface area contributed by atoms with Gasteiger partial charge in [-0.25, -0.2) is 14.5 Å². The Morgan fingerprint density at radius 1 is 0.795 bits per heavy atom. The van der Waals surface area contributed by atoms with E-state index < -0.39 is 23.8 Å². The smallest absolute Gasteiger partial charge is 0.343 e. The molecule has 2 amide bonds. The number of benzene rings is 3. The molecule has 0 radical (unpaired) electrons. The molecule has 9 heteroatoms. The van der Waals surface area contributed by atoms with Crippen molar-refractivity contribution in [2.24, 2.45) is 0 Å². The van der Waals surface area contributed by atoms with Crippen LogP contribution in [0.4, 0.5) is 5.69 Å². The number of nitriles is 1. The Morgan fingerprint density at radius 3 is 2.03 bits per heavy atom. The van der Waals surface area contributed by atoms with Crippen molar-refractivity contribution in [3.8, 4) is 23.3 Å². The van der Waals surface area contributed by atoms with Crippen molar-refractivity contribution in [3.05, 3.63) is 102 Å². The molecule has 1 aliphatic heterocycles. The molecule has 3 aromatic rings. The maximum absolute atomic E-state index is 12.4. The number of carbonyl (C=O) groups is 4. The van der Waals surface area contributed by atoms with Crippen molar-refractivity contribution < 1.29 is 33.4 Å². The third kappa shape index (κ3) is 7.27. The molecule has 0 aliphatic carbocycles. The Kier molecular flexibility index (Phi) is 8.62. The van der Waals surface area contributed by atoms with Gasteiger partial charge in [-0.2, -0.15) is 5.26 Å². The maximum Gasteiger partial charge on any atom is 0.343 e. The summed E-state index contributed by atoms with van der Waals surface area (Å²) in [7, 11) is 0. The first kappa shape index (κ1) is 26.6. The van der Waals surface area contributed by atoms with E-state index in [1.165, 1.54) is 42.5 Å². The SMILES string of the molecule is N#CCCCOc1ccc(C(=O)Oc2ccc(C=CC(=O)Oc3ccc(N4C(=O)C=CC4=O)cc3)cc2)cc1. The molecule has 0 spiro atoms. The lowest BCUT2D eigenvalue weighted by Gasteiger charge is -2.13. The van der Waals surface area contributed by atoms with Crippen LogP contribution in [0.1, 0.15) is 28.8 Å². The largest absolute Gasteiger partial charge is 0.494 e. The summed E-state index contributed by atoms with van der Waals surface area (Å²) in [6.07, 6.45) is 6.22. The highest BCUT2D eigenvalue weighted by Gasteiger charge is 2.24. The fourth-order valence-corrected chi connectivity index (χ4v) is 3.47. The normalized spacial score (nSPS) is 12.4. The highest BCUT2D eigenvalue weighted by Crippen LogP contribution is 2.23. The minimum atomic E-state index is -0.620. The second-order valence-corrected chi connectivity index (χ2v) is 8.19. The summed E-state index contributed by atoms with van der Waals surface area (Å²) in [6, 6.07) is 21.1. The molecular formula is C30H22N2O7. The van der Waals surface area contributed by atoms with Crippen molar-refractivity contribution in [1.29, 1.82) is 5.26 Å². The Morgan fingerprint density at radius 2 is 1.38 bits per heavy atom. The summed E-state index contributed by atoms with van der Waals surface area (Å²) in [5, 5.41) is 8.54. The lowest BCUT2D eigenvalue weighted by molar-refractivity contribution is -0.129. The molecule has 0 aromatic heterocycles. The zero-order valence-corrected chi connectivity index (χ0v) is 20.6. The molecule has 1 heterocycles. The molecule has 0 bridgehead atoms. The van der Waals surface area contributed by atoms with E-state index in [9.17, 15) is 19.2 Å². The summed E-state index contributed by atoms with van der Waals surface area (Å²) in [4.78, 5) is 49.1. The highest BCUT2D eigenvalue weighted by atomic mass is 16.5. The molecule has 39 heavy (non-hydrogen) atoms. The molecule has 0 atom stereocenters. The molecule has 4 rings (SSSR count). The van der Waals surface area contributed by atoms with Gasteiger partial charge in [0.15, 0.2) is 0 Å². The van der Waals surface area contributed by atoms with E-state index in [0.717, 1.165) is 4.90 Å². The third-order valence-corrected chi connectivity index (χ3v) is 5.42. The lowest BCUT2D eigenvalue weighted by Crippen LogP contribution is -2.29. The zero-order chi connectivity index (χ0) is 27.6. The van der Waals surface area contributed by atoms with Gasteiger partial charge >= 0.3 is 11.9 Å². The molecule has 9 nitrogen and oxygen atoms in total. The van der Waals surface area contributed by atoms with Crippen LogP contribution in [-0.2, 0) is 14.4 Å². The number of imide groups is 1. The highest BCUT2D eigenvalue weighted by molar-refractivity contribution is 6.28. The number of ether oxygens (including phenoxy) is 3. The quantitative estimate of drug-likeness (QED) is 0.124. The molecule has 194 valence electrons. The van der Waals surface area contributed by atoms with Crippen LogP contribution in [0.3, 0.4) is 0 Å². The van der Waals surface area contributed by atoms with E-state index in [4.69, 9.17) is 19.5 Å². The average Bonchev–Trinajstić information content (AvgIpc) is 3.29. The molecule has 0 saturated heterocycles. The number of amides is 2. The predicted molar refractivity (Wildman–Crippen MR) is 141 cm³/mol. The van der Waals surface area contributed by atoms with Gasteiger partial charge in [-0.05, 0) is 78.7 Å². The van der Waals surface area contributed by atoms with Gasteiger partial charge in [0, 0.05) is 24.6 Å². The molecular weight excluding hydrogens is 500 g/mol. The van der Waals surface area contributed by atoms with Crippen LogP contribution in [0.15, 0.2) is 91.0 Å². The number of anilines is 1. The Bertz CT molecular complexity index is 1450.